The van der Waals surface area contributed by atoms with Crippen LogP contribution in [-0.4, -0.2) is 194 Å². The molecule has 2 aliphatic carbocycles. The van der Waals surface area contributed by atoms with E-state index in [-0.39, 0.29) is 135 Å². The van der Waals surface area contributed by atoms with E-state index in [0.29, 0.717) is 121 Å². The minimum atomic E-state index is -1.52. The van der Waals surface area contributed by atoms with Gasteiger partial charge in [0.25, 0.3) is 0 Å². The molecule has 6 aromatic rings. The first-order chi connectivity index (χ1) is 64.4. The number of carbonyl (C=O) groups is 16. The monoisotopic (exact) mass is 1860 g/mol. The summed E-state index contributed by atoms with van der Waals surface area (Å²) in [6, 6.07) is 33.1. The Balaban J connectivity index is 0.000000368. The molecule has 0 aromatic heterocycles. The molecule has 0 saturated heterocycles. The lowest BCUT2D eigenvalue weighted by Crippen LogP contribution is -2.51. The van der Waals surface area contributed by atoms with Crippen LogP contribution in [0.5, 0.6) is 0 Å². The van der Waals surface area contributed by atoms with Crippen molar-refractivity contribution >= 4 is 116 Å². The zero-order valence-corrected chi connectivity index (χ0v) is 78.1. The number of carboxylic acids is 6. The summed E-state index contributed by atoms with van der Waals surface area (Å²) < 4.78 is 7.77. The fourth-order valence-electron chi connectivity index (χ4n) is 17.2. The van der Waals surface area contributed by atoms with E-state index >= 15 is 0 Å². The number of ketones is 4. The van der Waals surface area contributed by atoms with E-state index in [1.165, 1.54) is 11.1 Å². The lowest BCUT2D eigenvalue weighted by Gasteiger charge is -2.30. The Kier molecular flexibility index (Phi) is 44.7. The number of Topliss-reactive ketones (excluding diaryl/α,β-unsaturated/α-hetero) is 4. The first kappa shape index (κ1) is 107. The van der Waals surface area contributed by atoms with Crippen LogP contribution in [-0.2, 0) is 92.8 Å². The Bertz CT molecular complexity index is 4980. The van der Waals surface area contributed by atoms with Crippen LogP contribution in [0.3, 0.4) is 0 Å². The molecule has 728 valence electrons. The van der Waals surface area contributed by atoms with Gasteiger partial charge in [0.1, 0.15) is 37.1 Å². The van der Waals surface area contributed by atoms with Gasteiger partial charge in [-0.1, -0.05) is 201 Å². The summed E-state index contributed by atoms with van der Waals surface area (Å²) in [6.45, 7) is 13.5. The highest BCUT2D eigenvalue weighted by Crippen LogP contribution is 2.33. The maximum atomic E-state index is 13.8. The van der Waals surface area contributed by atoms with Crippen LogP contribution in [0.2, 0.25) is 1.41 Å². The van der Waals surface area contributed by atoms with Crippen LogP contribution in [0.4, 0.5) is 9.59 Å². The third-order valence-corrected chi connectivity index (χ3v) is 25.2. The Hall–Kier alpha value is -12.3. The number of hydrogen-bond acceptors (Lipinski definition) is 18. The van der Waals surface area contributed by atoms with Crippen LogP contribution >= 0.6 is 0 Å². The second-order valence-electron chi connectivity index (χ2n) is 36.9. The Morgan fingerprint density at radius 3 is 1.07 bits per heavy atom. The van der Waals surface area contributed by atoms with Crippen molar-refractivity contribution in [3.63, 3.8) is 0 Å². The zero-order chi connectivity index (χ0) is 98.8. The summed E-state index contributed by atoms with van der Waals surface area (Å²) in [5.74, 6) is -10.3. The molecule has 10 atom stereocenters. The standard InChI is InChI=1S/C52H71N5O11.C50H67N5O11/c1-32(2)26-34-14-19-37(20-15-34)33(3)46(59)29-41(31-53-4)48(62)54-30-35-16-22-39(23-17-35)49(63)55-44(28-36-18-21-38-10-8-9-11-40(38)27-36)45(58)13-7-5-6-12-42(50(64)65)56-52(68)57-43(51(66)67)24-25-47(60)61;1-30(2)25-32-13-18-35(19-14-32)31(3)44(57)28-39(51)47(61)52-29-33-15-21-37(22-16-33)46(60)53-42(27-34-17-20-36-9-7-8-10-38(36)26-34)43(56)12-6-4-5-11-40(48(62)63)54-50(66)55-41(49(64)65)23-24-45(58)59/h8-11,14-15,18-21,27,32-33,35,39,41-44,53H,5-7,12-13,16-17,22-26,28-31H2,1-4H3,(H,54,62)(H,55,63)(H,60,61)(H,64,65)(H,66,67)(H2,56,57,68);7-10,13-14,17-20,26,30-31,33,37,39-42H,4-6,11-12,15-16,21-25,27-29,51H2,1-3H3,(H,52,61)(H,53,60)(H,58,59)(H,62,63)(H,64,65)(H2,54,55,66)/i/hD. The molecule has 6 aromatic carbocycles. The van der Waals surface area contributed by atoms with Gasteiger partial charge in [0.15, 0.2) is 11.6 Å². The van der Waals surface area contributed by atoms with Crippen molar-refractivity contribution in [2.75, 3.05) is 26.7 Å². The molecule has 0 heterocycles. The summed E-state index contributed by atoms with van der Waals surface area (Å²) in [5.41, 5.74) is 8.22. The average molecular weight is 1860 g/mol. The molecule has 134 heavy (non-hydrogen) atoms. The SMILES string of the molecule is CNCC(CC(=O)C(C)c1ccc(CC(C)C)cc1)C(=O)NCC1CCC(C(=O)NC(Cc2ccc3ccccc3c2)C(=O)CCCCCC(NC(=O)NC(CCC(=O)O)C(=O)O)C(=O)O)CC1.[2H]NC(CC(=O)C(C)c1ccc(CC(C)C)cc1)C(=O)NCC1CCC(C(=O)NC(Cc2ccc3ccccc3c2)C(=O)CCCCCC(NC(=O)NC(CCC(=O)O)C(=O)O)C(=O)O)CC1. The van der Waals surface area contributed by atoms with Crippen molar-refractivity contribution in [1.82, 2.24) is 47.9 Å². The molecule has 0 bridgehead atoms. The highest BCUT2D eigenvalue weighted by atomic mass is 16.4. The summed E-state index contributed by atoms with van der Waals surface area (Å²) in [4.78, 5) is 201. The van der Waals surface area contributed by atoms with E-state index in [9.17, 15) is 97.1 Å². The summed E-state index contributed by atoms with van der Waals surface area (Å²) in [5, 5.41) is 83.6. The van der Waals surface area contributed by atoms with Gasteiger partial charge in [0.2, 0.25) is 23.6 Å². The predicted octanol–water partition coefficient (Wildman–Crippen LogP) is 11.8. The van der Waals surface area contributed by atoms with Gasteiger partial charge in [-0.3, -0.25) is 47.9 Å². The minimum Gasteiger partial charge on any atom is -0.481 e. The van der Waals surface area contributed by atoms with Crippen LogP contribution < -0.4 is 53.6 Å². The van der Waals surface area contributed by atoms with Gasteiger partial charge in [0, 0.05) is 81.8 Å². The number of carboxylic acid groups (broad SMARTS) is 6. The fourth-order valence-corrected chi connectivity index (χ4v) is 17.2. The number of benzene rings is 6. The first-order valence-corrected chi connectivity index (χ1v) is 47.1. The summed E-state index contributed by atoms with van der Waals surface area (Å²) >= 11 is 0. The Labute approximate surface area is 785 Å². The van der Waals surface area contributed by atoms with E-state index in [2.05, 4.69) is 93.4 Å². The third kappa shape index (κ3) is 38.0. The van der Waals surface area contributed by atoms with Crippen molar-refractivity contribution < 1.29 is 109 Å². The van der Waals surface area contributed by atoms with E-state index in [1.54, 1.807) is 7.05 Å². The normalized spacial score (nSPS) is 17.1. The molecular weight excluding hydrogens is 1720 g/mol. The highest BCUT2D eigenvalue weighted by molar-refractivity contribution is 5.95. The molecule has 0 spiro atoms. The number of unbranched alkanes of at least 4 members (excludes halogenated alkanes) is 4. The van der Waals surface area contributed by atoms with E-state index in [0.717, 1.165) is 56.6 Å². The lowest BCUT2D eigenvalue weighted by atomic mass is 9.81. The molecule has 2 fully saturated rings. The number of nitrogens with one attached hydrogen (secondary N) is 9. The average Bonchev–Trinajstić information content (AvgIpc) is 0.818. The summed E-state index contributed by atoms with van der Waals surface area (Å²) in [7, 11) is 1.76. The van der Waals surface area contributed by atoms with E-state index in [4.69, 9.17) is 11.6 Å². The number of nitrogens with two attached hydrogens (primary N) is 1. The lowest BCUT2D eigenvalue weighted by molar-refractivity contribution is -0.142. The van der Waals surface area contributed by atoms with Gasteiger partial charge >= 0.3 is 47.9 Å². The number of rotatable bonds is 57. The van der Waals surface area contributed by atoms with Crippen LogP contribution in [0.15, 0.2) is 133 Å². The van der Waals surface area contributed by atoms with Crippen LogP contribution in [0, 0.1) is 41.4 Å². The molecule has 32 heteroatoms. The van der Waals surface area contributed by atoms with Gasteiger partial charge in [0.05, 0.1) is 24.0 Å². The third-order valence-electron chi connectivity index (χ3n) is 25.2. The predicted molar refractivity (Wildman–Crippen MR) is 506 cm³/mol. The zero-order valence-electron chi connectivity index (χ0n) is 79.1. The van der Waals surface area contributed by atoms with Crippen molar-refractivity contribution in [2.45, 2.75) is 275 Å². The van der Waals surface area contributed by atoms with Gasteiger partial charge in [-0.15, -0.1) is 0 Å². The largest absolute Gasteiger partial charge is 0.481 e. The molecular formula is C102H138N10O22. The van der Waals surface area contributed by atoms with Crippen molar-refractivity contribution in [1.29, 1.82) is 0 Å². The second-order valence-corrected chi connectivity index (χ2v) is 36.9. The quantitative estimate of drug-likeness (QED) is 0.0158. The summed E-state index contributed by atoms with van der Waals surface area (Å²) in [6.07, 6.45) is 8.12. The first-order valence-electron chi connectivity index (χ1n) is 47.6. The van der Waals surface area contributed by atoms with Gasteiger partial charge in [-0.2, -0.15) is 0 Å². The fraction of sp³-hybridized carbons (Fsp3) is 0.529. The van der Waals surface area contributed by atoms with Crippen LogP contribution in [0.1, 0.15) is 241 Å². The number of hydrogen-bond donors (Lipinski definition) is 16. The van der Waals surface area contributed by atoms with Crippen molar-refractivity contribution in [2.24, 2.45) is 47.2 Å². The maximum absolute atomic E-state index is 13.8. The molecule has 0 aliphatic heterocycles. The topological polar surface area (TPSA) is 529 Å². The smallest absolute Gasteiger partial charge is 0.326 e. The Morgan fingerprint density at radius 1 is 0.366 bits per heavy atom. The molecule has 2 saturated carbocycles. The van der Waals surface area contributed by atoms with Gasteiger partial charge < -0.3 is 84.2 Å². The molecule has 0 radical (unpaired) electrons. The minimum absolute atomic E-state index is 0.00287. The molecule has 2 aliphatic rings. The number of fused-ring (bicyclic) bond motifs is 2. The van der Waals surface area contributed by atoms with Gasteiger partial charge in [-0.05, 0) is 201 Å². The Morgan fingerprint density at radius 2 is 0.716 bits per heavy atom. The van der Waals surface area contributed by atoms with Gasteiger partial charge in [-0.25, -0.2) is 28.8 Å². The number of amides is 8. The molecule has 8 rings (SSSR count). The molecule has 8 amide bonds. The maximum Gasteiger partial charge on any atom is 0.326 e. The number of aliphatic carboxylic acids is 6. The number of carbonyl (C=O) groups excluding carboxylic acids is 10. The van der Waals surface area contributed by atoms with Crippen molar-refractivity contribution in [3.8, 4) is 0 Å². The highest BCUT2D eigenvalue weighted by Gasteiger charge is 2.36. The van der Waals surface area contributed by atoms with E-state index in [1.807, 2.05) is 135 Å². The second kappa shape index (κ2) is 56.0. The van der Waals surface area contributed by atoms with E-state index < -0.39 is 121 Å². The molecule has 32 nitrogen and oxygen atoms in total. The number of urea groups is 2. The molecule has 17 N–H and O–H groups in total. The van der Waals surface area contributed by atoms with Crippen LogP contribution in [0.25, 0.3) is 21.5 Å². The van der Waals surface area contributed by atoms with Crippen molar-refractivity contribution in [3.05, 3.63) is 167 Å². The molecule has 10 unspecified atom stereocenters.